The normalized spacial score (nSPS) is 17.1. The lowest BCUT2D eigenvalue weighted by atomic mass is 9.94. The molecule has 1 aliphatic rings. The predicted octanol–water partition coefficient (Wildman–Crippen LogP) is 2.95. The van der Waals surface area contributed by atoms with Gasteiger partial charge in [-0.25, -0.2) is 4.98 Å². The zero-order chi connectivity index (χ0) is 13.8. The van der Waals surface area contributed by atoms with Crippen LogP contribution in [0.15, 0.2) is 28.7 Å². The maximum Gasteiger partial charge on any atom is 0.209 e. The van der Waals surface area contributed by atoms with Crippen molar-refractivity contribution in [2.24, 2.45) is 0 Å². The van der Waals surface area contributed by atoms with Crippen LogP contribution < -0.4 is 0 Å². The van der Waals surface area contributed by atoms with Gasteiger partial charge in [0.05, 0.1) is 13.2 Å². The summed E-state index contributed by atoms with van der Waals surface area (Å²) in [7, 11) is 0. The van der Waals surface area contributed by atoms with Crippen LogP contribution in [-0.2, 0) is 6.54 Å². The molecule has 0 unspecified atom stereocenters. The zero-order valence-electron chi connectivity index (χ0n) is 11.8. The second kappa shape index (κ2) is 6.37. The number of hydrogen-bond acceptors (Lipinski definition) is 4. The molecule has 4 heteroatoms. The third-order valence-electron chi connectivity index (χ3n) is 4.15. The number of fused-ring (bicyclic) bond motifs is 1. The molecule has 4 nitrogen and oxygen atoms in total. The van der Waals surface area contributed by atoms with Gasteiger partial charge in [-0.2, -0.15) is 0 Å². The smallest absolute Gasteiger partial charge is 0.209 e. The summed E-state index contributed by atoms with van der Waals surface area (Å²) in [5.74, 6) is 0.755. The Morgan fingerprint density at radius 1 is 1.20 bits per heavy atom. The number of aliphatic hydroxyl groups is 1. The van der Waals surface area contributed by atoms with Crippen LogP contribution in [0.25, 0.3) is 11.1 Å². The van der Waals surface area contributed by atoms with Crippen molar-refractivity contribution in [3.8, 4) is 0 Å². The fourth-order valence-corrected chi connectivity index (χ4v) is 3.13. The number of benzene rings is 1. The molecule has 2 aromatic rings. The van der Waals surface area contributed by atoms with E-state index in [2.05, 4.69) is 9.88 Å². The van der Waals surface area contributed by atoms with Gasteiger partial charge in [-0.15, -0.1) is 0 Å². The second-order valence-corrected chi connectivity index (χ2v) is 5.56. The Balaban J connectivity index is 1.74. The first-order valence-electron chi connectivity index (χ1n) is 7.56. The quantitative estimate of drug-likeness (QED) is 0.910. The maximum atomic E-state index is 9.29. The minimum absolute atomic E-state index is 0.191. The van der Waals surface area contributed by atoms with Gasteiger partial charge in [-0.05, 0) is 25.0 Å². The van der Waals surface area contributed by atoms with E-state index >= 15 is 0 Å². The van der Waals surface area contributed by atoms with Crippen LogP contribution in [0.4, 0.5) is 0 Å². The van der Waals surface area contributed by atoms with Crippen molar-refractivity contribution >= 4 is 11.1 Å². The zero-order valence-corrected chi connectivity index (χ0v) is 11.8. The second-order valence-electron chi connectivity index (χ2n) is 5.56. The molecule has 0 amide bonds. The number of nitrogens with zero attached hydrogens (tertiary/aromatic N) is 2. The highest BCUT2D eigenvalue weighted by molar-refractivity contribution is 5.72. The van der Waals surface area contributed by atoms with E-state index in [4.69, 9.17) is 4.42 Å². The van der Waals surface area contributed by atoms with Gasteiger partial charge in [0, 0.05) is 12.6 Å². The molecule has 3 rings (SSSR count). The molecule has 0 radical (unpaired) electrons. The van der Waals surface area contributed by atoms with Gasteiger partial charge in [0.25, 0.3) is 0 Å². The molecule has 108 valence electrons. The molecule has 0 saturated heterocycles. The van der Waals surface area contributed by atoms with E-state index in [0.717, 1.165) is 17.0 Å². The lowest BCUT2D eigenvalue weighted by Gasteiger charge is -2.32. The number of rotatable bonds is 5. The molecule has 0 atom stereocenters. The number of aromatic nitrogens is 1. The van der Waals surface area contributed by atoms with Gasteiger partial charge in [-0.1, -0.05) is 31.4 Å². The van der Waals surface area contributed by atoms with Gasteiger partial charge >= 0.3 is 0 Å². The summed E-state index contributed by atoms with van der Waals surface area (Å²) in [5, 5.41) is 9.29. The maximum absolute atomic E-state index is 9.29. The topological polar surface area (TPSA) is 49.5 Å². The Morgan fingerprint density at radius 3 is 2.75 bits per heavy atom. The standard InChI is InChI=1S/C16H22N2O2/c19-11-10-18(13-6-2-1-3-7-13)12-16-17-14-8-4-5-9-15(14)20-16/h4-5,8-9,13,19H,1-3,6-7,10-12H2. The minimum atomic E-state index is 0.191. The van der Waals surface area contributed by atoms with Crippen LogP contribution in [0.3, 0.4) is 0 Å². The highest BCUT2D eigenvalue weighted by Crippen LogP contribution is 2.24. The van der Waals surface area contributed by atoms with Crippen LogP contribution in [0, 0.1) is 0 Å². The first-order chi connectivity index (χ1) is 9.86. The third-order valence-corrected chi connectivity index (χ3v) is 4.15. The Hall–Kier alpha value is -1.39. The van der Waals surface area contributed by atoms with Gasteiger partial charge < -0.3 is 9.52 Å². The summed E-state index contributed by atoms with van der Waals surface area (Å²) in [6, 6.07) is 8.42. The van der Waals surface area contributed by atoms with Gasteiger partial charge in [0.1, 0.15) is 5.52 Å². The summed E-state index contributed by atoms with van der Waals surface area (Å²) in [5.41, 5.74) is 1.75. The summed E-state index contributed by atoms with van der Waals surface area (Å²) in [6.07, 6.45) is 6.37. The van der Waals surface area contributed by atoms with Crippen molar-refractivity contribution in [2.75, 3.05) is 13.2 Å². The summed E-state index contributed by atoms with van der Waals surface area (Å²) in [6.45, 7) is 1.58. The molecule has 0 spiro atoms. The van der Waals surface area contributed by atoms with E-state index in [1.165, 1.54) is 32.1 Å². The molecule has 1 aliphatic carbocycles. The fourth-order valence-electron chi connectivity index (χ4n) is 3.13. The average molecular weight is 274 g/mol. The number of hydrogen-bond donors (Lipinski definition) is 1. The van der Waals surface area contributed by atoms with E-state index in [9.17, 15) is 5.11 Å². The first kappa shape index (κ1) is 13.6. The average Bonchev–Trinajstić information content (AvgIpc) is 2.90. The van der Waals surface area contributed by atoms with Crippen molar-refractivity contribution in [3.63, 3.8) is 0 Å². The largest absolute Gasteiger partial charge is 0.439 e. The summed E-state index contributed by atoms with van der Waals surface area (Å²) in [4.78, 5) is 6.86. The molecule has 1 saturated carbocycles. The van der Waals surface area contributed by atoms with Crippen molar-refractivity contribution in [1.82, 2.24) is 9.88 Å². The predicted molar refractivity (Wildman–Crippen MR) is 78.4 cm³/mol. The molecule has 1 aromatic heterocycles. The van der Waals surface area contributed by atoms with E-state index in [0.29, 0.717) is 19.1 Å². The lowest BCUT2D eigenvalue weighted by Crippen LogP contribution is -2.38. The highest BCUT2D eigenvalue weighted by Gasteiger charge is 2.22. The van der Waals surface area contributed by atoms with Crippen LogP contribution >= 0.6 is 0 Å². The lowest BCUT2D eigenvalue weighted by molar-refractivity contribution is 0.108. The molecule has 1 fully saturated rings. The number of oxazole rings is 1. The molecule has 0 aliphatic heterocycles. The van der Waals surface area contributed by atoms with E-state index in [1.807, 2.05) is 24.3 Å². The van der Waals surface area contributed by atoms with E-state index in [-0.39, 0.29) is 6.61 Å². The first-order valence-corrected chi connectivity index (χ1v) is 7.56. The van der Waals surface area contributed by atoms with Gasteiger partial charge in [-0.3, -0.25) is 4.90 Å². The molecule has 1 aromatic carbocycles. The molecular weight excluding hydrogens is 252 g/mol. The minimum Gasteiger partial charge on any atom is -0.439 e. The molecule has 1 heterocycles. The van der Waals surface area contributed by atoms with Crippen LogP contribution in [-0.4, -0.2) is 34.2 Å². The summed E-state index contributed by atoms with van der Waals surface area (Å²) < 4.78 is 5.80. The Kier molecular flexibility index (Phi) is 4.33. The SMILES string of the molecule is OCCN(Cc1nc2ccccc2o1)C1CCCCC1. The van der Waals surface area contributed by atoms with Crippen LogP contribution in [0.1, 0.15) is 38.0 Å². The summed E-state index contributed by atoms with van der Waals surface area (Å²) >= 11 is 0. The monoisotopic (exact) mass is 274 g/mol. The number of aliphatic hydroxyl groups excluding tert-OH is 1. The van der Waals surface area contributed by atoms with Crippen molar-refractivity contribution in [2.45, 2.75) is 44.7 Å². The van der Waals surface area contributed by atoms with Crippen molar-refractivity contribution < 1.29 is 9.52 Å². The van der Waals surface area contributed by atoms with Crippen LogP contribution in [0.2, 0.25) is 0 Å². The van der Waals surface area contributed by atoms with Crippen molar-refractivity contribution in [3.05, 3.63) is 30.2 Å². The van der Waals surface area contributed by atoms with Crippen LogP contribution in [0.5, 0.6) is 0 Å². The third kappa shape index (κ3) is 3.02. The Bertz CT molecular complexity index is 513. The van der Waals surface area contributed by atoms with E-state index < -0.39 is 0 Å². The fraction of sp³-hybridized carbons (Fsp3) is 0.562. The van der Waals surface area contributed by atoms with Crippen molar-refractivity contribution in [1.29, 1.82) is 0 Å². The van der Waals surface area contributed by atoms with Gasteiger partial charge in [0.15, 0.2) is 5.58 Å². The highest BCUT2D eigenvalue weighted by atomic mass is 16.3. The molecular formula is C16H22N2O2. The van der Waals surface area contributed by atoms with E-state index in [1.54, 1.807) is 0 Å². The number of para-hydroxylation sites is 2. The molecule has 20 heavy (non-hydrogen) atoms. The van der Waals surface area contributed by atoms with Gasteiger partial charge in [0.2, 0.25) is 5.89 Å². The Labute approximate surface area is 119 Å². The molecule has 1 N–H and O–H groups in total. The molecule has 0 bridgehead atoms. The Morgan fingerprint density at radius 2 is 2.00 bits per heavy atom.